The van der Waals surface area contributed by atoms with Crippen molar-refractivity contribution in [2.45, 2.75) is 10.9 Å². The van der Waals surface area contributed by atoms with Gasteiger partial charge in [-0.15, -0.1) is 11.8 Å². The molecule has 2 N–H and O–H groups in total. The number of nitrogens with two attached hydrogens (primary N) is 1. The molecule has 94 valence electrons. The van der Waals surface area contributed by atoms with Crippen LogP contribution in [-0.4, -0.2) is 10.7 Å². The van der Waals surface area contributed by atoms with Gasteiger partial charge in [0.05, 0.1) is 6.20 Å². The number of pyridine rings is 1. The van der Waals surface area contributed by atoms with Gasteiger partial charge >= 0.3 is 0 Å². The molecule has 1 heterocycles. The molecule has 1 unspecified atom stereocenters. The molecular formula is C13H12F2N2S. The van der Waals surface area contributed by atoms with Crippen LogP contribution in [0.4, 0.5) is 8.78 Å². The zero-order valence-corrected chi connectivity index (χ0v) is 10.3. The van der Waals surface area contributed by atoms with E-state index >= 15 is 0 Å². The smallest absolute Gasteiger partial charge is 0.146 e. The lowest BCUT2D eigenvalue weighted by Crippen LogP contribution is -2.15. The van der Waals surface area contributed by atoms with E-state index in [4.69, 9.17) is 5.73 Å². The Kier molecular flexibility index (Phi) is 4.28. The summed E-state index contributed by atoms with van der Waals surface area (Å²) in [5.74, 6) is -0.314. The molecule has 1 atom stereocenters. The van der Waals surface area contributed by atoms with Crippen molar-refractivity contribution in [1.82, 2.24) is 4.98 Å². The van der Waals surface area contributed by atoms with Crippen LogP contribution >= 0.6 is 11.8 Å². The molecule has 0 fully saturated rings. The van der Waals surface area contributed by atoms with Gasteiger partial charge in [-0.25, -0.2) is 8.78 Å². The molecule has 1 aromatic heterocycles. The predicted octanol–water partition coefficient (Wildman–Crippen LogP) is 3.15. The van der Waals surface area contributed by atoms with Gasteiger partial charge in [-0.2, -0.15) is 0 Å². The van der Waals surface area contributed by atoms with E-state index in [-0.39, 0.29) is 5.82 Å². The van der Waals surface area contributed by atoms with Gasteiger partial charge in [0, 0.05) is 28.5 Å². The van der Waals surface area contributed by atoms with Crippen LogP contribution in [0.1, 0.15) is 11.6 Å². The Morgan fingerprint density at radius 2 is 1.94 bits per heavy atom. The lowest BCUT2D eigenvalue weighted by molar-refractivity contribution is 0.588. The zero-order valence-electron chi connectivity index (χ0n) is 9.51. The molecule has 0 saturated carbocycles. The van der Waals surface area contributed by atoms with Crippen LogP contribution < -0.4 is 5.73 Å². The summed E-state index contributed by atoms with van der Waals surface area (Å²) in [5, 5.41) is 0. The predicted molar refractivity (Wildman–Crippen MR) is 68.2 cm³/mol. The summed E-state index contributed by atoms with van der Waals surface area (Å²) in [7, 11) is 0. The van der Waals surface area contributed by atoms with Crippen molar-refractivity contribution in [2.24, 2.45) is 5.73 Å². The monoisotopic (exact) mass is 266 g/mol. The van der Waals surface area contributed by atoms with Crippen molar-refractivity contribution in [2.75, 3.05) is 5.75 Å². The van der Waals surface area contributed by atoms with Crippen LogP contribution in [-0.2, 0) is 0 Å². The minimum Gasteiger partial charge on any atom is -0.323 e. The van der Waals surface area contributed by atoms with Crippen molar-refractivity contribution >= 4 is 11.8 Å². The first-order valence-electron chi connectivity index (χ1n) is 5.41. The maximum atomic E-state index is 13.4. The molecule has 18 heavy (non-hydrogen) atoms. The highest BCUT2D eigenvalue weighted by molar-refractivity contribution is 7.99. The van der Waals surface area contributed by atoms with E-state index in [1.807, 2.05) is 0 Å². The number of hydrogen-bond acceptors (Lipinski definition) is 3. The highest BCUT2D eigenvalue weighted by Crippen LogP contribution is 2.26. The van der Waals surface area contributed by atoms with Gasteiger partial charge in [-0.1, -0.05) is 12.1 Å². The van der Waals surface area contributed by atoms with Crippen LogP contribution in [0.25, 0.3) is 0 Å². The van der Waals surface area contributed by atoms with Gasteiger partial charge in [0.2, 0.25) is 0 Å². The molecule has 2 nitrogen and oxygen atoms in total. The molecular weight excluding hydrogens is 254 g/mol. The molecule has 0 radical (unpaired) electrons. The van der Waals surface area contributed by atoms with Crippen molar-refractivity contribution in [3.63, 3.8) is 0 Å². The molecule has 0 bridgehead atoms. The summed E-state index contributed by atoms with van der Waals surface area (Å²) >= 11 is 1.27. The Hall–Kier alpha value is -1.46. The Bertz CT molecular complexity index is 534. The molecule has 0 saturated heterocycles. The number of thioether (sulfide) groups is 1. The van der Waals surface area contributed by atoms with Gasteiger partial charge in [-0.05, 0) is 18.2 Å². The van der Waals surface area contributed by atoms with E-state index in [9.17, 15) is 8.78 Å². The number of rotatable bonds is 4. The van der Waals surface area contributed by atoms with Gasteiger partial charge in [0.15, 0.2) is 0 Å². The fourth-order valence-electron chi connectivity index (χ4n) is 1.52. The molecule has 0 aliphatic heterocycles. The molecule has 2 aromatic rings. The maximum Gasteiger partial charge on any atom is 0.146 e. The third-order valence-corrected chi connectivity index (χ3v) is 3.63. The van der Waals surface area contributed by atoms with E-state index in [1.165, 1.54) is 24.0 Å². The molecule has 0 spiro atoms. The summed E-state index contributed by atoms with van der Waals surface area (Å²) < 4.78 is 26.8. The molecule has 0 aliphatic rings. The van der Waals surface area contributed by atoms with Crippen molar-refractivity contribution in [3.05, 3.63) is 59.9 Å². The first-order valence-corrected chi connectivity index (χ1v) is 6.39. The van der Waals surface area contributed by atoms with E-state index in [1.54, 1.807) is 24.3 Å². The van der Waals surface area contributed by atoms with E-state index < -0.39 is 11.9 Å². The third kappa shape index (κ3) is 3.05. The quantitative estimate of drug-likeness (QED) is 0.864. The second-order valence-electron chi connectivity index (χ2n) is 3.75. The van der Waals surface area contributed by atoms with E-state index in [0.29, 0.717) is 16.2 Å². The van der Waals surface area contributed by atoms with Gasteiger partial charge in [0.25, 0.3) is 0 Å². The number of aromatic nitrogens is 1. The molecule has 2 rings (SSSR count). The second-order valence-corrected chi connectivity index (χ2v) is 4.81. The van der Waals surface area contributed by atoms with Crippen molar-refractivity contribution in [1.29, 1.82) is 0 Å². The first-order chi connectivity index (χ1) is 8.68. The Balaban J connectivity index is 2.03. The number of hydrogen-bond donors (Lipinski definition) is 1. The lowest BCUT2D eigenvalue weighted by atomic mass is 10.1. The average Bonchev–Trinajstić information content (AvgIpc) is 2.38. The van der Waals surface area contributed by atoms with E-state index in [2.05, 4.69) is 4.98 Å². The van der Waals surface area contributed by atoms with Gasteiger partial charge in [0.1, 0.15) is 11.6 Å². The average molecular weight is 266 g/mol. The number of nitrogens with zero attached hydrogens (tertiary/aromatic N) is 1. The summed E-state index contributed by atoms with van der Waals surface area (Å²) in [6.45, 7) is 0. The highest BCUT2D eigenvalue weighted by atomic mass is 32.2. The molecule has 1 aromatic carbocycles. The summed E-state index contributed by atoms with van der Waals surface area (Å²) in [6, 6.07) is 7.50. The summed E-state index contributed by atoms with van der Waals surface area (Å²) in [5.41, 5.74) is 6.28. The maximum absolute atomic E-state index is 13.4. The third-order valence-electron chi connectivity index (χ3n) is 2.46. The van der Waals surface area contributed by atoms with Crippen LogP contribution in [0.2, 0.25) is 0 Å². The normalized spacial score (nSPS) is 12.4. The SMILES string of the molecule is NC(CSc1ccccc1F)c1ccncc1F. The van der Waals surface area contributed by atoms with Crippen LogP contribution in [0.3, 0.4) is 0 Å². The number of halogens is 2. The fraction of sp³-hybridized carbons (Fsp3) is 0.154. The van der Waals surface area contributed by atoms with Crippen molar-refractivity contribution < 1.29 is 8.78 Å². The highest BCUT2D eigenvalue weighted by Gasteiger charge is 2.12. The number of benzene rings is 1. The Labute approximate surface area is 108 Å². The first kappa shape index (κ1) is 13.0. The van der Waals surface area contributed by atoms with E-state index in [0.717, 1.165) is 6.20 Å². The Morgan fingerprint density at radius 3 is 2.67 bits per heavy atom. The van der Waals surface area contributed by atoms with Gasteiger partial charge < -0.3 is 5.73 Å². The standard InChI is InChI=1S/C13H12F2N2S/c14-10-3-1-2-4-13(10)18-8-12(16)9-5-6-17-7-11(9)15/h1-7,12H,8,16H2. The Morgan fingerprint density at radius 1 is 1.17 bits per heavy atom. The van der Waals surface area contributed by atoms with Crippen molar-refractivity contribution in [3.8, 4) is 0 Å². The fourth-order valence-corrected chi connectivity index (χ4v) is 2.44. The largest absolute Gasteiger partial charge is 0.323 e. The minimum atomic E-state index is -0.488. The summed E-state index contributed by atoms with van der Waals surface area (Å²) in [6.07, 6.45) is 2.62. The van der Waals surface area contributed by atoms with Crippen LogP contribution in [0.5, 0.6) is 0 Å². The van der Waals surface area contributed by atoms with Gasteiger partial charge in [-0.3, -0.25) is 4.98 Å². The topological polar surface area (TPSA) is 38.9 Å². The molecule has 5 heteroatoms. The summed E-state index contributed by atoms with van der Waals surface area (Å²) in [4.78, 5) is 4.18. The van der Waals surface area contributed by atoms with Crippen LogP contribution in [0, 0.1) is 11.6 Å². The minimum absolute atomic E-state index is 0.287. The lowest BCUT2D eigenvalue weighted by Gasteiger charge is -2.12. The zero-order chi connectivity index (χ0) is 13.0. The van der Waals surface area contributed by atoms with Crippen LogP contribution in [0.15, 0.2) is 47.6 Å². The molecule has 0 aliphatic carbocycles. The second kappa shape index (κ2) is 5.93. The molecule has 0 amide bonds.